The topological polar surface area (TPSA) is 39.7 Å². The monoisotopic (exact) mass is 424 g/mol. The number of likely N-dealkylation sites (tertiary alicyclic amines) is 1. The summed E-state index contributed by atoms with van der Waals surface area (Å²) in [5, 5.41) is 6.80. The van der Waals surface area contributed by atoms with Crippen LogP contribution in [0.4, 0.5) is 0 Å². The fourth-order valence-corrected chi connectivity index (χ4v) is 2.75. The van der Waals surface area contributed by atoms with E-state index in [1.54, 1.807) is 0 Å². The van der Waals surface area contributed by atoms with Gasteiger partial charge in [0.15, 0.2) is 5.96 Å². The van der Waals surface area contributed by atoms with Crippen molar-refractivity contribution in [3.63, 3.8) is 0 Å². The molecule has 0 unspecified atom stereocenters. The van der Waals surface area contributed by atoms with E-state index in [2.05, 4.69) is 43.2 Å². The molecule has 0 saturated carbocycles. The number of nitrogens with zero attached hydrogens (tertiary/aromatic N) is 2. The quantitative estimate of drug-likeness (QED) is 0.357. The average molecular weight is 424 g/mol. The van der Waals surface area contributed by atoms with Crippen molar-refractivity contribution >= 4 is 29.9 Å². The predicted molar refractivity (Wildman–Crippen MR) is 108 cm³/mol. The van der Waals surface area contributed by atoms with Crippen LogP contribution in [0.5, 0.6) is 0 Å². The van der Waals surface area contributed by atoms with Gasteiger partial charge >= 0.3 is 0 Å². The van der Waals surface area contributed by atoms with E-state index in [0.717, 1.165) is 37.4 Å². The van der Waals surface area contributed by atoms with Crippen molar-refractivity contribution in [3.05, 3.63) is 0 Å². The maximum atomic E-state index is 4.78. The minimum absolute atomic E-state index is 0. The highest BCUT2D eigenvalue weighted by Gasteiger charge is 2.18. The first kappa shape index (κ1) is 22.0. The Morgan fingerprint density at radius 3 is 2.41 bits per heavy atom. The van der Waals surface area contributed by atoms with Crippen LogP contribution >= 0.6 is 24.0 Å². The van der Waals surface area contributed by atoms with Crippen LogP contribution in [0.2, 0.25) is 0 Å². The molecule has 0 aromatic rings. The summed E-state index contributed by atoms with van der Waals surface area (Å²) in [6.45, 7) is 15.6. The molecule has 4 nitrogen and oxygen atoms in total. The summed E-state index contributed by atoms with van der Waals surface area (Å²) in [4.78, 5) is 7.37. The molecule has 0 spiro atoms. The molecule has 0 aromatic carbocycles. The highest BCUT2D eigenvalue weighted by molar-refractivity contribution is 14.0. The van der Waals surface area contributed by atoms with Crippen LogP contribution < -0.4 is 10.6 Å². The van der Waals surface area contributed by atoms with Gasteiger partial charge in [-0.15, -0.1) is 24.0 Å². The minimum Gasteiger partial charge on any atom is -0.357 e. The SMILES string of the molecule is CCCN1CCC(CN=C(NCC)NCCC(C)C)CC1.I. The Hall–Kier alpha value is -0.0400. The second kappa shape index (κ2) is 13.4. The molecule has 1 saturated heterocycles. The Balaban J connectivity index is 0.00000441. The summed E-state index contributed by atoms with van der Waals surface area (Å²) in [5.41, 5.74) is 0. The van der Waals surface area contributed by atoms with Gasteiger partial charge in [-0.1, -0.05) is 20.8 Å². The van der Waals surface area contributed by atoms with E-state index in [1.165, 1.54) is 45.3 Å². The summed E-state index contributed by atoms with van der Waals surface area (Å²) in [6.07, 6.45) is 5.07. The van der Waals surface area contributed by atoms with Crippen molar-refractivity contribution in [1.82, 2.24) is 15.5 Å². The summed E-state index contributed by atoms with van der Waals surface area (Å²) in [7, 11) is 0. The second-order valence-electron chi connectivity index (χ2n) is 6.61. The van der Waals surface area contributed by atoms with Crippen molar-refractivity contribution < 1.29 is 0 Å². The molecule has 0 aromatic heterocycles. The molecular weight excluding hydrogens is 387 g/mol. The van der Waals surface area contributed by atoms with Gasteiger partial charge in [-0.2, -0.15) is 0 Å². The lowest BCUT2D eigenvalue weighted by Gasteiger charge is -2.31. The molecule has 0 amide bonds. The first-order valence-corrected chi connectivity index (χ1v) is 8.90. The van der Waals surface area contributed by atoms with Gasteiger partial charge in [-0.3, -0.25) is 4.99 Å². The number of halogens is 1. The second-order valence-corrected chi connectivity index (χ2v) is 6.61. The van der Waals surface area contributed by atoms with Crippen LogP contribution in [-0.4, -0.2) is 50.1 Å². The number of rotatable bonds is 8. The fourth-order valence-electron chi connectivity index (χ4n) is 2.75. The molecular formula is C17H37IN4. The Morgan fingerprint density at radius 1 is 1.18 bits per heavy atom. The number of nitrogens with one attached hydrogen (secondary N) is 2. The first-order chi connectivity index (χ1) is 10.2. The highest BCUT2D eigenvalue weighted by atomic mass is 127. The van der Waals surface area contributed by atoms with E-state index in [0.29, 0.717) is 0 Å². The third-order valence-corrected chi connectivity index (χ3v) is 4.11. The van der Waals surface area contributed by atoms with E-state index in [4.69, 9.17) is 4.99 Å². The van der Waals surface area contributed by atoms with Crippen LogP contribution in [-0.2, 0) is 0 Å². The van der Waals surface area contributed by atoms with Gasteiger partial charge in [0.25, 0.3) is 0 Å². The van der Waals surface area contributed by atoms with Gasteiger partial charge < -0.3 is 15.5 Å². The summed E-state index contributed by atoms with van der Waals surface area (Å²) in [6, 6.07) is 0. The minimum atomic E-state index is 0. The molecule has 1 heterocycles. The molecule has 0 atom stereocenters. The maximum Gasteiger partial charge on any atom is 0.191 e. The molecule has 132 valence electrons. The smallest absolute Gasteiger partial charge is 0.191 e. The first-order valence-electron chi connectivity index (χ1n) is 8.90. The zero-order chi connectivity index (χ0) is 15.5. The Kier molecular flexibility index (Phi) is 13.4. The van der Waals surface area contributed by atoms with E-state index in [-0.39, 0.29) is 24.0 Å². The molecule has 0 radical (unpaired) electrons. The lowest BCUT2D eigenvalue weighted by atomic mass is 9.97. The number of hydrogen-bond donors (Lipinski definition) is 2. The average Bonchev–Trinajstić information content (AvgIpc) is 2.46. The summed E-state index contributed by atoms with van der Waals surface area (Å²) >= 11 is 0. The Bertz CT molecular complexity index is 286. The van der Waals surface area contributed by atoms with Crippen LogP contribution in [0.15, 0.2) is 4.99 Å². The summed E-state index contributed by atoms with van der Waals surface area (Å²) < 4.78 is 0. The summed E-state index contributed by atoms with van der Waals surface area (Å²) in [5.74, 6) is 2.50. The molecule has 1 fully saturated rings. The van der Waals surface area contributed by atoms with Crippen LogP contribution in [0.25, 0.3) is 0 Å². The van der Waals surface area contributed by atoms with Crippen LogP contribution in [0.3, 0.4) is 0 Å². The molecule has 0 aliphatic carbocycles. The van der Waals surface area contributed by atoms with Crippen molar-refractivity contribution in [1.29, 1.82) is 0 Å². The van der Waals surface area contributed by atoms with Crippen LogP contribution in [0.1, 0.15) is 53.4 Å². The van der Waals surface area contributed by atoms with Gasteiger partial charge in [0.1, 0.15) is 0 Å². The van der Waals surface area contributed by atoms with Gasteiger partial charge in [0.2, 0.25) is 0 Å². The van der Waals surface area contributed by atoms with Crippen molar-refractivity contribution in [2.45, 2.75) is 53.4 Å². The van der Waals surface area contributed by atoms with Crippen molar-refractivity contribution in [3.8, 4) is 0 Å². The Labute approximate surface area is 154 Å². The maximum absolute atomic E-state index is 4.78. The highest BCUT2D eigenvalue weighted by Crippen LogP contribution is 2.17. The molecule has 5 heteroatoms. The van der Waals surface area contributed by atoms with E-state index < -0.39 is 0 Å². The largest absolute Gasteiger partial charge is 0.357 e. The third kappa shape index (κ3) is 9.87. The third-order valence-electron chi connectivity index (χ3n) is 4.11. The number of guanidine groups is 1. The fraction of sp³-hybridized carbons (Fsp3) is 0.941. The molecule has 22 heavy (non-hydrogen) atoms. The number of hydrogen-bond acceptors (Lipinski definition) is 2. The van der Waals surface area contributed by atoms with Gasteiger partial charge in [0, 0.05) is 19.6 Å². The van der Waals surface area contributed by atoms with Crippen LogP contribution in [0, 0.1) is 11.8 Å². The molecule has 0 bridgehead atoms. The lowest BCUT2D eigenvalue weighted by Crippen LogP contribution is -2.39. The number of piperidine rings is 1. The van der Waals surface area contributed by atoms with Crippen molar-refractivity contribution in [2.24, 2.45) is 16.8 Å². The van der Waals surface area contributed by atoms with Gasteiger partial charge in [-0.05, 0) is 64.1 Å². The lowest BCUT2D eigenvalue weighted by molar-refractivity contribution is 0.188. The Morgan fingerprint density at radius 2 is 1.86 bits per heavy atom. The van der Waals surface area contributed by atoms with Gasteiger partial charge in [0.05, 0.1) is 0 Å². The number of aliphatic imine (C=N–C) groups is 1. The predicted octanol–water partition coefficient (Wildman–Crippen LogP) is 3.33. The normalized spacial score (nSPS) is 17.4. The van der Waals surface area contributed by atoms with Gasteiger partial charge in [-0.25, -0.2) is 0 Å². The van der Waals surface area contributed by atoms with Crippen molar-refractivity contribution in [2.75, 3.05) is 39.3 Å². The zero-order valence-electron chi connectivity index (χ0n) is 15.0. The molecule has 2 N–H and O–H groups in total. The zero-order valence-corrected chi connectivity index (χ0v) is 17.4. The van der Waals surface area contributed by atoms with E-state index >= 15 is 0 Å². The molecule has 1 aliphatic rings. The molecule has 1 aliphatic heterocycles. The van der Waals surface area contributed by atoms with E-state index in [1.807, 2.05) is 0 Å². The molecule has 1 rings (SSSR count). The standard InChI is InChI=1S/C17H36N4.HI/c1-5-11-21-12-8-16(9-13-21)14-20-17(18-6-2)19-10-7-15(3)4;/h15-16H,5-14H2,1-4H3,(H2,18,19,20);1H. The van der Waals surface area contributed by atoms with E-state index in [9.17, 15) is 0 Å².